The molecule has 3 nitrogen and oxygen atoms in total. The lowest BCUT2D eigenvalue weighted by Crippen LogP contribution is -2.35. The summed E-state index contributed by atoms with van der Waals surface area (Å²) in [6, 6.07) is 8.03. The first kappa shape index (κ1) is 13.1. The second-order valence-electron chi connectivity index (χ2n) is 5.16. The van der Waals surface area contributed by atoms with Crippen LogP contribution in [0, 0.1) is 12.8 Å². The van der Waals surface area contributed by atoms with Crippen LogP contribution in [0.15, 0.2) is 24.3 Å². The van der Waals surface area contributed by atoms with E-state index in [-0.39, 0.29) is 5.91 Å². The fourth-order valence-electron chi connectivity index (χ4n) is 2.56. The molecule has 3 heteroatoms. The number of hydrogen-bond acceptors (Lipinski definition) is 2. The number of carbonyl (C=O) groups excluding carboxylic acids is 1. The summed E-state index contributed by atoms with van der Waals surface area (Å²) < 4.78 is 0. The Morgan fingerprint density at radius 3 is 2.89 bits per heavy atom. The van der Waals surface area contributed by atoms with Crippen LogP contribution in [0.2, 0.25) is 0 Å². The van der Waals surface area contributed by atoms with Gasteiger partial charge in [0, 0.05) is 19.2 Å². The number of aryl methyl sites for hydroxylation is 1. The molecule has 1 aliphatic heterocycles. The molecule has 0 radical (unpaired) electrons. The quantitative estimate of drug-likeness (QED) is 0.888. The number of piperidine rings is 1. The standard InChI is InChI=1S/C15H22N2O/c1-12-6-3-4-8-14(12)17(2)15(18)10-13-7-5-9-16-11-13/h3-4,6,8,13,16H,5,7,9-11H2,1-2H3. The van der Waals surface area contributed by atoms with Crippen molar-refractivity contribution in [2.24, 2.45) is 5.92 Å². The van der Waals surface area contributed by atoms with Gasteiger partial charge in [0.25, 0.3) is 0 Å². The molecule has 1 N–H and O–H groups in total. The second kappa shape index (κ2) is 6.01. The Morgan fingerprint density at radius 2 is 2.22 bits per heavy atom. The van der Waals surface area contributed by atoms with Crippen LogP contribution >= 0.6 is 0 Å². The lowest BCUT2D eigenvalue weighted by Gasteiger charge is -2.25. The molecule has 2 rings (SSSR count). The number of carbonyl (C=O) groups is 1. The first-order chi connectivity index (χ1) is 8.68. The van der Waals surface area contributed by atoms with E-state index in [1.807, 2.05) is 38.2 Å². The van der Waals surface area contributed by atoms with Gasteiger partial charge in [0.1, 0.15) is 0 Å². The molecule has 0 spiro atoms. The second-order valence-corrected chi connectivity index (χ2v) is 5.16. The average molecular weight is 246 g/mol. The number of para-hydroxylation sites is 1. The molecule has 0 bridgehead atoms. The molecular weight excluding hydrogens is 224 g/mol. The molecule has 0 aromatic heterocycles. The summed E-state index contributed by atoms with van der Waals surface area (Å²) in [7, 11) is 1.88. The van der Waals surface area contributed by atoms with Crippen molar-refractivity contribution in [3.63, 3.8) is 0 Å². The largest absolute Gasteiger partial charge is 0.316 e. The van der Waals surface area contributed by atoms with Crippen molar-refractivity contribution in [1.82, 2.24) is 5.32 Å². The first-order valence-corrected chi connectivity index (χ1v) is 6.71. The number of hydrogen-bond donors (Lipinski definition) is 1. The van der Waals surface area contributed by atoms with E-state index in [4.69, 9.17) is 0 Å². The fourth-order valence-corrected chi connectivity index (χ4v) is 2.56. The van der Waals surface area contributed by atoms with Crippen molar-refractivity contribution in [2.75, 3.05) is 25.0 Å². The van der Waals surface area contributed by atoms with Gasteiger partial charge in [-0.15, -0.1) is 0 Å². The zero-order chi connectivity index (χ0) is 13.0. The monoisotopic (exact) mass is 246 g/mol. The van der Waals surface area contributed by atoms with Gasteiger partial charge in [0.2, 0.25) is 5.91 Å². The van der Waals surface area contributed by atoms with Crippen molar-refractivity contribution < 1.29 is 4.79 Å². The molecule has 1 atom stereocenters. The smallest absolute Gasteiger partial charge is 0.227 e. The Bertz CT molecular complexity index is 411. The highest BCUT2D eigenvalue weighted by atomic mass is 16.2. The molecular formula is C15H22N2O. The van der Waals surface area contributed by atoms with Crippen LogP contribution in [0.4, 0.5) is 5.69 Å². The normalized spacial score (nSPS) is 19.6. The maximum Gasteiger partial charge on any atom is 0.227 e. The van der Waals surface area contributed by atoms with Crippen LogP contribution in [0.25, 0.3) is 0 Å². The van der Waals surface area contributed by atoms with E-state index >= 15 is 0 Å². The van der Waals surface area contributed by atoms with Crippen molar-refractivity contribution in [2.45, 2.75) is 26.2 Å². The average Bonchev–Trinajstić information content (AvgIpc) is 2.39. The minimum atomic E-state index is 0.220. The van der Waals surface area contributed by atoms with Crippen LogP contribution in [-0.2, 0) is 4.79 Å². The minimum Gasteiger partial charge on any atom is -0.316 e. The SMILES string of the molecule is Cc1ccccc1N(C)C(=O)CC1CCCNC1. The van der Waals surface area contributed by atoms with Crippen LogP contribution in [-0.4, -0.2) is 26.0 Å². The number of anilines is 1. The number of benzene rings is 1. The number of nitrogens with zero attached hydrogens (tertiary/aromatic N) is 1. The van der Waals surface area contributed by atoms with E-state index in [2.05, 4.69) is 5.32 Å². The Balaban J connectivity index is 1.98. The van der Waals surface area contributed by atoms with Gasteiger partial charge in [-0.1, -0.05) is 18.2 Å². The molecule has 1 fully saturated rings. The van der Waals surface area contributed by atoms with Crippen LogP contribution in [0.5, 0.6) is 0 Å². The Labute approximate surface area is 109 Å². The van der Waals surface area contributed by atoms with Crippen molar-refractivity contribution in [1.29, 1.82) is 0 Å². The van der Waals surface area contributed by atoms with Gasteiger partial charge in [-0.2, -0.15) is 0 Å². The molecule has 1 amide bonds. The molecule has 0 saturated carbocycles. The number of rotatable bonds is 3. The van der Waals surface area contributed by atoms with E-state index < -0.39 is 0 Å². The topological polar surface area (TPSA) is 32.3 Å². The van der Waals surface area contributed by atoms with Crippen molar-refractivity contribution in [3.05, 3.63) is 29.8 Å². The molecule has 1 aromatic carbocycles. The number of amides is 1. The molecule has 1 aliphatic rings. The summed E-state index contributed by atoms with van der Waals surface area (Å²) in [6.45, 7) is 4.12. The van der Waals surface area contributed by atoms with E-state index in [9.17, 15) is 4.79 Å². The Morgan fingerprint density at radius 1 is 1.44 bits per heavy atom. The van der Waals surface area contributed by atoms with Gasteiger partial charge >= 0.3 is 0 Å². The lowest BCUT2D eigenvalue weighted by atomic mass is 9.95. The predicted octanol–water partition coefficient (Wildman–Crippen LogP) is 2.35. The van der Waals surface area contributed by atoms with Gasteiger partial charge in [-0.3, -0.25) is 4.79 Å². The van der Waals surface area contributed by atoms with Gasteiger partial charge in [-0.05, 0) is 50.4 Å². The molecule has 0 aliphatic carbocycles. The Kier molecular flexibility index (Phi) is 4.37. The van der Waals surface area contributed by atoms with Gasteiger partial charge < -0.3 is 10.2 Å². The highest BCUT2D eigenvalue weighted by molar-refractivity contribution is 5.93. The minimum absolute atomic E-state index is 0.220. The molecule has 1 unspecified atom stereocenters. The highest BCUT2D eigenvalue weighted by Crippen LogP contribution is 2.21. The highest BCUT2D eigenvalue weighted by Gasteiger charge is 2.20. The lowest BCUT2D eigenvalue weighted by molar-refractivity contribution is -0.119. The Hall–Kier alpha value is -1.35. The maximum atomic E-state index is 12.3. The molecule has 1 aromatic rings. The molecule has 1 heterocycles. The summed E-state index contributed by atoms with van der Waals surface area (Å²) in [5.74, 6) is 0.718. The van der Waals surface area contributed by atoms with E-state index in [1.54, 1.807) is 4.90 Å². The third kappa shape index (κ3) is 3.10. The number of nitrogens with one attached hydrogen (secondary N) is 1. The third-order valence-electron chi connectivity index (χ3n) is 3.71. The summed E-state index contributed by atoms with van der Waals surface area (Å²) in [5, 5.41) is 3.36. The summed E-state index contributed by atoms with van der Waals surface area (Å²) in [5.41, 5.74) is 2.17. The van der Waals surface area contributed by atoms with Crippen LogP contribution in [0.1, 0.15) is 24.8 Å². The molecule has 18 heavy (non-hydrogen) atoms. The zero-order valence-corrected chi connectivity index (χ0v) is 11.3. The van der Waals surface area contributed by atoms with Crippen LogP contribution in [0.3, 0.4) is 0 Å². The van der Waals surface area contributed by atoms with Gasteiger partial charge in [-0.25, -0.2) is 0 Å². The molecule has 98 valence electrons. The maximum absolute atomic E-state index is 12.3. The molecule has 1 saturated heterocycles. The van der Waals surface area contributed by atoms with Crippen molar-refractivity contribution in [3.8, 4) is 0 Å². The summed E-state index contributed by atoms with van der Waals surface area (Å²) in [4.78, 5) is 14.1. The van der Waals surface area contributed by atoms with E-state index in [1.165, 1.54) is 12.8 Å². The van der Waals surface area contributed by atoms with E-state index in [0.29, 0.717) is 12.3 Å². The van der Waals surface area contributed by atoms with E-state index in [0.717, 1.165) is 24.3 Å². The first-order valence-electron chi connectivity index (χ1n) is 6.71. The van der Waals surface area contributed by atoms with Gasteiger partial charge in [0.15, 0.2) is 0 Å². The van der Waals surface area contributed by atoms with Crippen LogP contribution < -0.4 is 10.2 Å². The third-order valence-corrected chi connectivity index (χ3v) is 3.71. The predicted molar refractivity (Wildman–Crippen MR) is 74.8 cm³/mol. The van der Waals surface area contributed by atoms with Gasteiger partial charge in [0.05, 0.1) is 0 Å². The summed E-state index contributed by atoms with van der Waals surface area (Å²) >= 11 is 0. The summed E-state index contributed by atoms with van der Waals surface area (Å²) in [6.07, 6.45) is 3.00. The van der Waals surface area contributed by atoms with Crippen molar-refractivity contribution >= 4 is 11.6 Å². The zero-order valence-electron chi connectivity index (χ0n) is 11.3. The fraction of sp³-hybridized carbons (Fsp3) is 0.533.